The van der Waals surface area contributed by atoms with E-state index in [1.165, 1.54) is 17.5 Å². The monoisotopic (exact) mass is 277 g/mol. The van der Waals surface area contributed by atoms with Gasteiger partial charge in [0.05, 0.1) is 0 Å². The van der Waals surface area contributed by atoms with Crippen LogP contribution >= 0.6 is 0 Å². The molecule has 0 saturated carbocycles. The fourth-order valence-electron chi connectivity index (χ4n) is 2.34. The third-order valence-electron chi connectivity index (χ3n) is 3.79. The maximum atomic E-state index is 6.29. The van der Waals surface area contributed by atoms with E-state index in [1.807, 2.05) is 0 Å². The zero-order chi connectivity index (χ0) is 15.0. The second-order valence-electron chi connectivity index (χ2n) is 5.90. The highest BCUT2D eigenvalue weighted by atomic mass is 15.1. The summed E-state index contributed by atoms with van der Waals surface area (Å²) in [4.78, 5) is 4.74. The normalized spacial score (nSPS) is 13.2. The van der Waals surface area contributed by atoms with Gasteiger partial charge in [0.1, 0.15) is 0 Å². The molecule has 20 heavy (non-hydrogen) atoms. The first-order valence-corrected chi connectivity index (χ1v) is 7.72. The molecule has 2 N–H and O–H groups in total. The molecule has 1 unspecified atom stereocenters. The molecule has 114 valence electrons. The molecule has 1 aromatic rings. The molecular weight excluding hydrogens is 246 g/mol. The van der Waals surface area contributed by atoms with Gasteiger partial charge in [-0.2, -0.15) is 0 Å². The Morgan fingerprint density at radius 1 is 1.05 bits per heavy atom. The van der Waals surface area contributed by atoms with Crippen molar-refractivity contribution >= 4 is 0 Å². The maximum Gasteiger partial charge on any atom is 0.0307 e. The molecule has 0 heterocycles. The summed E-state index contributed by atoms with van der Waals surface area (Å²) in [6.45, 7) is 8.84. The maximum absolute atomic E-state index is 6.29. The molecule has 1 aromatic carbocycles. The Bertz CT molecular complexity index is 359. The lowest BCUT2D eigenvalue weighted by molar-refractivity contribution is 0.257. The predicted octanol–water partition coefficient (Wildman–Crippen LogP) is 2.66. The van der Waals surface area contributed by atoms with Crippen molar-refractivity contribution in [3.63, 3.8) is 0 Å². The molecule has 0 bridgehead atoms. The van der Waals surface area contributed by atoms with Crippen molar-refractivity contribution in [2.45, 2.75) is 32.7 Å². The summed E-state index contributed by atoms with van der Waals surface area (Å²) in [5.74, 6) is 0. The number of rotatable bonds is 9. The molecule has 1 rings (SSSR count). The average molecular weight is 277 g/mol. The van der Waals surface area contributed by atoms with Crippen molar-refractivity contribution in [3.8, 4) is 0 Å². The third kappa shape index (κ3) is 6.51. The number of benzene rings is 1. The zero-order valence-corrected chi connectivity index (χ0v) is 13.6. The van der Waals surface area contributed by atoms with Crippen LogP contribution in [-0.4, -0.2) is 50.1 Å². The van der Waals surface area contributed by atoms with E-state index >= 15 is 0 Å². The number of nitrogens with two attached hydrogens (primary N) is 1. The van der Waals surface area contributed by atoms with Crippen LogP contribution in [0.5, 0.6) is 0 Å². The van der Waals surface area contributed by atoms with Crippen molar-refractivity contribution in [1.82, 2.24) is 9.80 Å². The van der Waals surface area contributed by atoms with E-state index in [-0.39, 0.29) is 6.04 Å². The Morgan fingerprint density at radius 3 is 2.25 bits per heavy atom. The molecule has 3 heteroatoms. The van der Waals surface area contributed by atoms with Crippen molar-refractivity contribution in [2.24, 2.45) is 5.73 Å². The van der Waals surface area contributed by atoms with Gasteiger partial charge in [-0.1, -0.05) is 36.8 Å². The van der Waals surface area contributed by atoms with Crippen molar-refractivity contribution < 1.29 is 0 Å². The van der Waals surface area contributed by atoms with Gasteiger partial charge >= 0.3 is 0 Å². The van der Waals surface area contributed by atoms with Crippen LogP contribution in [0.1, 0.15) is 36.9 Å². The van der Waals surface area contributed by atoms with Gasteiger partial charge in [-0.25, -0.2) is 0 Å². The van der Waals surface area contributed by atoms with Crippen molar-refractivity contribution in [1.29, 1.82) is 0 Å². The molecule has 0 aromatic heterocycles. The Morgan fingerprint density at radius 2 is 1.70 bits per heavy atom. The lowest BCUT2D eigenvalue weighted by Crippen LogP contribution is -2.30. The van der Waals surface area contributed by atoms with Crippen LogP contribution < -0.4 is 5.73 Å². The van der Waals surface area contributed by atoms with E-state index in [2.05, 4.69) is 62.0 Å². The highest BCUT2D eigenvalue weighted by Crippen LogP contribution is 2.15. The van der Waals surface area contributed by atoms with E-state index in [4.69, 9.17) is 5.73 Å². The Balaban J connectivity index is 2.33. The number of aryl methyl sites for hydroxylation is 1. The van der Waals surface area contributed by atoms with E-state index in [0.717, 1.165) is 32.6 Å². The first-order valence-electron chi connectivity index (χ1n) is 7.72. The summed E-state index contributed by atoms with van der Waals surface area (Å²) in [5.41, 5.74) is 8.83. The lowest BCUT2D eigenvalue weighted by Gasteiger charge is -2.23. The molecule has 0 saturated heterocycles. The third-order valence-corrected chi connectivity index (χ3v) is 3.79. The van der Waals surface area contributed by atoms with E-state index in [0.29, 0.717) is 0 Å². The largest absolute Gasteiger partial charge is 0.324 e. The van der Waals surface area contributed by atoms with E-state index < -0.39 is 0 Å². The minimum atomic E-state index is 0.151. The molecule has 0 aliphatic heterocycles. The Labute approximate surface area is 124 Å². The smallest absolute Gasteiger partial charge is 0.0307 e. The standard InChI is InChI=1S/C17H31N3/c1-5-20(13-6-12-19(3)4)14-11-17(18)16-9-7-15(2)8-10-16/h7-10,17H,5-6,11-14,18H2,1-4H3. The summed E-state index contributed by atoms with van der Waals surface area (Å²) >= 11 is 0. The highest BCUT2D eigenvalue weighted by molar-refractivity contribution is 5.23. The van der Waals surface area contributed by atoms with Crippen LogP contribution in [-0.2, 0) is 0 Å². The van der Waals surface area contributed by atoms with Crippen LogP contribution in [0.2, 0.25) is 0 Å². The molecule has 0 aliphatic carbocycles. The Hall–Kier alpha value is -0.900. The molecular formula is C17H31N3. The van der Waals surface area contributed by atoms with Crippen LogP contribution in [0.4, 0.5) is 0 Å². The summed E-state index contributed by atoms with van der Waals surface area (Å²) in [6, 6.07) is 8.75. The molecule has 1 atom stereocenters. The second-order valence-corrected chi connectivity index (χ2v) is 5.90. The first-order chi connectivity index (χ1) is 9.52. The van der Waals surface area contributed by atoms with E-state index in [9.17, 15) is 0 Å². The second kappa shape index (κ2) is 9.11. The number of nitrogens with zero attached hydrogens (tertiary/aromatic N) is 2. The molecule has 0 radical (unpaired) electrons. The topological polar surface area (TPSA) is 32.5 Å². The molecule has 0 amide bonds. The van der Waals surface area contributed by atoms with Crippen molar-refractivity contribution in [2.75, 3.05) is 40.3 Å². The van der Waals surface area contributed by atoms with Gasteiger partial charge in [-0.15, -0.1) is 0 Å². The molecule has 0 aliphatic rings. The average Bonchev–Trinajstić information content (AvgIpc) is 2.42. The van der Waals surface area contributed by atoms with Gasteiger partial charge in [-0.3, -0.25) is 0 Å². The number of hydrogen-bond acceptors (Lipinski definition) is 3. The van der Waals surface area contributed by atoms with Gasteiger partial charge in [0.25, 0.3) is 0 Å². The molecule has 3 nitrogen and oxygen atoms in total. The lowest BCUT2D eigenvalue weighted by atomic mass is 10.0. The minimum absolute atomic E-state index is 0.151. The fourth-order valence-corrected chi connectivity index (χ4v) is 2.34. The van der Waals surface area contributed by atoms with Gasteiger partial charge in [0.2, 0.25) is 0 Å². The van der Waals surface area contributed by atoms with Gasteiger partial charge in [0, 0.05) is 6.04 Å². The van der Waals surface area contributed by atoms with Crippen LogP contribution in [0.15, 0.2) is 24.3 Å². The SMILES string of the molecule is CCN(CCCN(C)C)CCC(N)c1ccc(C)cc1. The fraction of sp³-hybridized carbons (Fsp3) is 0.647. The van der Waals surface area contributed by atoms with Crippen LogP contribution in [0.3, 0.4) is 0 Å². The quantitative estimate of drug-likeness (QED) is 0.753. The summed E-state index contributed by atoms with van der Waals surface area (Å²) < 4.78 is 0. The minimum Gasteiger partial charge on any atom is -0.324 e. The van der Waals surface area contributed by atoms with Gasteiger partial charge in [-0.05, 0) is 65.6 Å². The summed E-state index contributed by atoms with van der Waals surface area (Å²) in [6.07, 6.45) is 2.25. The van der Waals surface area contributed by atoms with Crippen LogP contribution in [0, 0.1) is 6.92 Å². The number of hydrogen-bond donors (Lipinski definition) is 1. The summed E-state index contributed by atoms with van der Waals surface area (Å²) in [7, 11) is 4.26. The predicted molar refractivity (Wildman–Crippen MR) is 88.0 cm³/mol. The molecule has 0 spiro atoms. The molecule has 0 fully saturated rings. The van der Waals surface area contributed by atoms with E-state index in [1.54, 1.807) is 0 Å². The first kappa shape index (κ1) is 17.2. The van der Waals surface area contributed by atoms with Crippen molar-refractivity contribution in [3.05, 3.63) is 35.4 Å². The van der Waals surface area contributed by atoms with Gasteiger partial charge < -0.3 is 15.5 Å². The summed E-state index contributed by atoms with van der Waals surface area (Å²) in [5, 5.41) is 0. The van der Waals surface area contributed by atoms with Gasteiger partial charge in [0.15, 0.2) is 0 Å². The van der Waals surface area contributed by atoms with Crippen LogP contribution in [0.25, 0.3) is 0 Å². The Kier molecular flexibility index (Phi) is 7.82. The highest BCUT2D eigenvalue weighted by Gasteiger charge is 2.09. The zero-order valence-electron chi connectivity index (χ0n) is 13.6.